The van der Waals surface area contributed by atoms with Gasteiger partial charge in [-0.3, -0.25) is 4.99 Å². The molecule has 1 N–H and O–H groups in total. The number of rotatable bonds is 7. The van der Waals surface area contributed by atoms with Crippen molar-refractivity contribution >= 4 is 5.96 Å². The van der Waals surface area contributed by atoms with Crippen LogP contribution in [0.2, 0.25) is 0 Å². The molecule has 0 saturated heterocycles. The maximum absolute atomic E-state index is 6.00. The van der Waals surface area contributed by atoms with Crippen LogP contribution < -0.4 is 19.5 Å². The summed E-state index contributed by atoms with van der Waals surface area (Å²) < 4.78 is 16.7. The largest absolute Gasteiger partial charge is 0.493 e. The molecule has 0 aromatic heterocycles. The van der Waals surface area contributed by atoms with Gasteiger partial charge in [-0.25, -0.2) is 0 Å². The van der Waals surface area contributed by atoms with Crippen LogP contribution in [0.3, 0.4) is 0 Å². The molecule has 0 amide bonds. The van der Waals surface area contributed by atoms with Gasteiger partial charge in [0, 0.05) is 27.1 Å². The summed E-state index contributed by atoms with van der Waals surface area (Å²) >= 11 is 0. The Labute approximate surface area is 167 Å². The summed E-state index contributed by atoms with van der Waals surface area (Å²) in [4.78, 5) is 6.53. The van der Waals surface area contributed by atoms with Gasteiger partial charge in [0.2, 0.25) is 0 Å². The third-order valence-electron chi connectivity index (χ3n) is 4.96. The van der Waals surface area contributed by atoms with E-state index in [9.17, 15) is 0 Å². The van der Waals surface area contributed by atoms with Gasteiger partial charge in [0.05, 0.1) is 20.8 Å². The van der Waals surface area contributed by atoms with Crippen molar-refractivity contribution in [2.24, 2.45) is 4.99 Å². The van der Waals surface area contributed by atoms with Crippen LogP contribution in [0.15, 0.2) is 47.5 Å². The van der Waals surface area contributed by atoms with Crippen molar-refractivity contribution in [3.63, 3.8) is 0 Å². The smallest absolute Gasteiger partial charge is 0.193 e. The molecule has 28 heavy (non-hydrogen) atoms. The van der Waals surface area contributed by atoms with Gasteiger partial charge >= 0.3 is 0 Å². The average Bonchev–Trinajstić information content (AvgIpc) is 3.15. The van der Waals surface area contributed by atoms with Crippen LogP contribution >= 0.6 is 0 Å². The summed E-state index contributed by atoms with van der Waals surface area (Å²) in [6, 6.07) is 14.2. The molecular formula is C22H29N3O3. The number of nitrogens with zero attached hydrogens (tertiary/aromatic N) is 2. The fourth-order valence-corrected chi connectivity index (χ4v) is 3.40. The lowest BCUT2D eigenvalue weighted by Gasteiger charge is -2.23. The van der Waals surface area contributed by atoms with Gasteiger partial charge in [0.25, 0.3) is 0 Å². The fraction of sp³-hybridized carbons (Fsp3) is 0.409. The molecule has 0 spiro atoms. The first-order valence-corrected chi connectivity index (χ1v) is 9.51. The lowest BCUT2D eigenvalue weighted by Crippen LogP contribution is -2.43. The second-order valence-corrected chi connectivity index (χ2v) is 6.84. The lowest BCUT2D eigenvalue weighted by atomic mass is 10.1. The minimum Gasteiger partial charge on any atom is -0.493 e. The van der Waals surface area contributed by atoms with Gasteiger partial charge in [-0.2, -0.15) is 0 Å². The standard InChI is InChI=1S/C22H29N3O3/c1-23-22(24-15-18-14-17-7-5-6-8-19(17)28-18)25(2)12-11-16-9-10-20(26-3)21(13-16)27-4/h5-10,13,18H,11-12,14-15H2,1-4H3,(H,23,24). The molecule has 3 rings (SSSR count). The maximum Gasteiger partial charge on any atom is 0.193 e. The zero-order valence-electron chi connectivity index (χ0n) is 17.1. The number of benzene rings is 2. The molecule has 0 aliphatic carbocycles. The number of likely N-dealkylation sites (N-methyl/N-ethyl adjacent to an activating group) is 1. The van der Waals surface area contributed by atoms with Crippen molar-refractivity contribution in [3.05, 3.63) is 53.6 Å². The Morgan fingerprint density at radius 1 is 1.18 bits per heavy atom. The Kier molecular flexibility index (Phi) is 6.63. The highest BCUT2D eigenvalue weighted by molar-refractivity contribution is 5.79. The molecule has 6 heteroatoms. The van der Waals surface area contributed by atoms with E-state index in [0.29, 0.717) is 0 Å². The van der Waals surface area contributed by atoms with Crippen molar-refractivity contribution in [3.8, 4) is 17.2 Å². The van der Waals surface area contributed by atoms with Crippen molar-refractivity contribution in [2.75, 3.05) is 41.4 Å². The predicted molar refractivity (Wildman–Crippen MR) is 112 cm³/mol. The first-order valence-electron chi connectivity index (χ1n) is 9.51. The van der Waals surface area contributed by atoms with E-state index >= 15 is 0 Å². The summed E-state index contributed by atoms with van der Waals surface area (Å²) in [5.74, 6) is 3.35. The molecule has 1 aliphatic heterocycles. The monoisotopic (exact) mass is 383 g/mol. The average molecular weight is 383 g/mol. The van der Waals surface area contributed by atoms with Crippen LogP contribution in [0, 0.1) is 0 Å². The van der Waals surface area contributed by atoms with Gasteiger partial charge in [0.1, 0.15) is 11.9 Å². The number of hydrogen-bond donors (Lipinski definition) is 1. The van der Waals surface area contributed by atoms with Crippen LogP contribution in [0.1, 0.15) is 11.1 Å². The molecule has 1 aliphatic rings. The van der Waals surface area contributed by atoms with Crippen LogP contribution in [-0.2, 0) is 12.8 Å². The Morgan fingerprint density at radius 3 is 2.68 bits per heavy atom. The normalized spacial score (nSPS) is 15.6. The molecule has 1 atom stereocenters. The van der Waals surface area contributed by atoms with Crippen molar-refractivity contribution < 1.29 is 14.2 Å². The first-order chi connectivity index (χ1) is 13.6. The highest BCUT2D eigenvalue weighted by atomic mass is 16.5. The summed E-state index contributed by atoms with van der Waals surface area (Å²) in [7, 11) is 7.15. The molecule has 0 saturated carbocycles. The number of ether oxygens (including phenoxy) is 3. The van der Waals surface area contributed by atoms with Crippen molar-refractivity contribution in [1.82, 2.24) is 10.2 Å². The van der Waals surface area contributed by atoms with Crippen LogP contribution in [0.25, 0.3) is 0 Å². The number of aliphatic imine (C=N–C) groups is 1. The number of fused-ring (bicyclic) bond motifs is 1. The zero-order chi connectivity index (χ0) is 19.9. The number of para-hydroxylation sites is 1. The minimum atomic E-state index is 0.133. The maximum atomic E-state index is 6.00. The SMILES string of the molecule is CN=C(NCC1Cc2ccccc2O1)N(C)CCc1ccc(OC)c(OC)c1. The van der Waals surface area contributed by atoms with E-state index in [-0.39, 0.29) is 6.10 Å². The molecule has 0 radical (unpaired) electrons. The summed E-state index contributed by atoms with van der Waals surface area (Å²) in [5, 5.41) is 3.43. The molecule has 2 aromatic rings. The Bertz CT molecular complexity index is 797. The highest BCUT2D eigenvalue weighted by Gasteiger charge is 2.22. The van der Waals surface area contributed by atoms with Crippen LogP contribution in [0.5, 0.6) is 17.2 Å². The van der Waals surface area contributed by atoms with Gasteiger partial charge in [-0.15, -0.1) is 0 Å². The lowest BCUT2D eigenvalue weighted by molar-refractivity contribution is 0.233. The van der Waals surface area contributed by atoms with E-state index in [1.807, 2.05) is 31.3 Å². The van der Waals surface area contributed by atoms with Gasteiger partial charge < -0.3 is 24.4 Å². The molecule has 6 nitrogen and oxygen atoms in total. The molecule has 1 unspecified atom stereocenters. The van der Waals surface area contributed by atoms with E-state index in [4.69, 9.17) is 14.2 Å². The van der Waals surface area contributed by atoms with Crippen LogP contribution in [-0.4, -0.2) is 58.4 Å². The number of nitrogens with one attached hydrogen (secondary N) is 1. The predicted octanol–water partition coefficient (Wildman–Crippen LogP) is 2.76. The van der Waals surface area contributed by atoms with E-state index in [2.05, 4.69) is 33.4 Å². The van der Waals surface area contributed by atoms with Crippen molar-refractivity contribution in [2.45, 2.75) is 18.9 Å². The molecule has 0 fully saturated rings. The molecular weight excluding hydrogens is 354 g/mol. The third kappa shape index (κ3) is 4.68. The highest BCUT2D eigenvalue weighted by Crippen LogP contribution is 2.28. The summed E-state index contributed by atoms with van der Waals surface area (Å²) in [6.07, 6.45) is 1.94. The second-order valence-electron chi connectivity index (χ2n) is 6.84. The number of hydrogen-bond acceptors (Lipinski definition) is 4. The number of guanidine groups is 1. The van der Waals surface area contributed by atoms with Crippen molar-refractivity contribution in [1.29, 1.82) is 0 Å². The Balaban J connectivity index is 1.50. The zero-order valence-corrected chi connectivity index (χ0v) is 17.1. The van der Waals surface area contributed by atoms with Gasteiger partial charge in [-0.05, 0) is 35.7 Å². The van der Waals surface area contributed by atoms with Gasteiger partial charge in [-0.1, -0.05) is 24.3 Å². The van der Waals surface area contributed by atoms with E-state index < -0.39 is 0 Å². The fourth-order valence-electron chi connectivity index (χ4n) is 3.40. The number of methoxy groups -OCH3 is 2. The van der Waals surface area contributed by atoms with Crippen LogP contribution in [0.4, 0.5) is 0 Å². The molecule has 2 aromatic carbocycles. The quantitative estimate of drug-likeness (QED) is 0.589. The topological polar surface area (TPSA) is 55.3 Å². The summed E-state index contributed by atoms with van der Waals surface area (Å²) in [5.41, 5.74) is 2.46. The summed E-state index contributed by atoms with van der Waals surface area (Å²) in [6.45, 7) is 1.56. The van der Waals surface area contributed by atoms with E-state index in [0.717, 1.165) is 49.1 Å². The second kappa shape index (κ2) is 9.35. The molecule has 0 bridgehead atoms. The van der Waals surface area contributed by atoms with E-state index in [1.54, 1.807) is 21.3 Å². The van der Waals surface area contributed by atoms with Gasteiger partial charge in [0.15, 0.2) is 17.5 Å². The van der Waals surface area contributed by atoms with E-state index in [1.165, 1.54) is 11.1 Å². The first kappa shape index (κ1) is 19.9. The molecule has 150 valence electrons. The minimum absolute atomic E-state index is 0.133. The third-order valence-corrected chi connectivity index (χ3v) is 4.96. The molecule has 1 heterocycles. The Morgan fingerprint density at radius 2 is 1.96 bits per heavy atom. The Hall–Kier alpha value is -2.89.